The van der Waals surface area contributed by atoms with Crippen molar-refractivity contribution >= 4 is 27.7 Å². The maximum absolute atomic E-state index is 13.9. The van der Waals surface area contributed by atoms with E-state index in [4.69, 9.17) is 9.47 Å². The monoisotopic (exact) mass is 594 g/mol. The molecule has 39 heavy (non-hydrogen) atoms. The van der Waals surface area contributed by atoms with Crippen LogP contribution in [0.5, 0.6) is 11.5 Å². The lowest BCUT2D eigenvalue weighted by molar-refractivity contribution is -0.141. The van der Waals surface area contributed by atoms with E-state index in [9.17, 15) is 9.59 Å². The Morgan fingerprint density at radius 1 is 0.846 bits per heavy atom. The molecule has 0 aliphatic carbocycles. The summed E-state index contributed by atoms with van der Waals surface area (Å²) in [6, 6.07) is 22.8. The second-order valence-corrected chi connectivity index (χ2v) is 10.6. The molecule has 0 radical (unpaired) electrons. The maximum Gasteiger partial charge on any atom is 0.243 e. The molecule has 0 aliphatic heterocycles. The minimum absolute atomic E-state index is 0.0405. The van der Waals surface area contributed by atoms with Crippen LogP contribution in [0.25, 0.3) is 0 Å². The summed E-state index contributed by atoms with van der Waals surface area (Å²) >= 11 is 3.48. The van der Waals surface area contributed by atoms with E-state index in [-0.39, 0.29) is 24.3 Å². The predicted molar refractivity (Wildman–Crippen MR) is 159 cm³/mol. The highest BCUT2D eigenvalue weighted by atomic mass is 79.9. The number of halogens is 1. The molecule has 0 bridgehead atoms. The minimum Gasteiger partial charge on any atom is -0.490 e. The first-order valence-electron chi connectivity index (χ1n) is 13.6. The topological polar surface area (TPSA) is 67.9 Å². The van der Waals surface area contributed by atoms with Crippen molar-refractivity contribution < 1.29 is 19.1 Å². The van der Waals surface area contributed by atoms with Gasteiger partial charge in [-0.2, -0.15) is 0 Å². The molecule has 7 heteroatoms. The number of aryl methyl sites for hydroxylation is 1. The molecule has 6 nitrogen and oxygen atoms in total. The summed E-state index contributed by atoms with van der Waals surface area (Å²) < 4.78 is 12.4. The number of amides is 2. The van der Waals surface area contributed by atoms with Crippen LogP contribution in [0.1, 0.15) is 50.8 Å². The highest BCUT2D eigenvalue weighted by molar-refractivity contribution is 9.10. The Bertz CT molecular complexity index is 1200. The molecule has 3 aromatic carbocycles. The van der Waals surface area contributed by atoms with E-state index in [0.717, 1.165) is 21.2 Å². The van der Waals surface area contributed by atoms with Gasteiger partial charge >= 0.3 is 0 Å². The zero-order valence-electron chi connectivity index (χ0n) is 23.3. The van der Waals surface area contributed by atoms with Crippen molar-refractivity contribution in [2.75, 3.05) is 13.2 Å². The normalized spacial score (nSPS) is 11.6. The van der Waals surface area contributed by atoms with E-state index in [0.29, 0.717) is 44.1 Å². The van der Waals surface area contributed by atoms with Crippen LogP contribution in [0.2, 0.25) is 0 Å². The molecule has 0 spiro atoms. The van der Waals surface area contributed by atoms with Gasteiger partial charge in [-0.05, 0) is 75.1 Å². The molecular formula is C32H39BrN2O4. The van der Waals surface area contributed by atoms with Crippen LogP contribution in [-0.2, 0) is 29.0 Å². The van der Waals surface area contributed by atoms with Gasteiger partial charge in [0.2, 0.25) is 11.8 Å². The maximum atomic E-state index is 13.9. The van der Waals surface area contributed by atoms with Crippen LogP contribution in [0.3, 0.4) is 0 Å². The highest BCUT2D eigenvalue weighted by Gasteiger charge is 2.30. The lowest BCUT2D eigenvalue weighted by Crippen LogP contribution is -2.51. The summed E-state index contributed by atoms with van der Waals surface area (Å²) in [4.78, 5) is 29.1. The van der Waals surface area contributed by atoms with Crippen LogP contribution in [0.4, 0.5) is 0 Å². The van der Waals surface area contributed by atoms with Crippen LogP contribution < -0.4 is 14.8 Å². The van der Waals surface area contributed by atoms with Gasteiger partial charge in [-0.25, -0.2) is 0 Å². The minimum atomic E-state index is -0.648. The molecule has 0 heterocycles. The van der Waals surface area contributed by atoms with E-state index in [1.807, 2.05) is 100 Å². The zero-order valence-corrected chi connectivity index (χ0v) is 24.9. The Morgan fingerprint density at radius 2 is 1.49 bits per heavy atom. The Kier molecular flexibility index (Phi) is 11.9. The van der Waals surface area contributed by atoms with E-state index in [1.165, 1.54) is 0 Å². The molecule has 3 aromatic rings. The van der Waals surface area contributed by atoms with Crippen molar-refractivity contribution in [2.24, 2.45) is 0 Å². The fraction of sp³-hybridized carbons (Fsp3) is 0.375. The van der Waals surface area contributed by atoms with Gasteiger partial charge in [0.25, 0.3) is 0 Å². The molecule has 1 N–H and O–H groups in total. The summed E-state index contributed by atoms with van der Waals surface area (Å²) in [6.45, 7) is 9.13. The third kappa shape index (κ3) is 9.43. The van der Waals surface area contributed by atoms with Crippen molar-refractivity contribution in [2.45, 2.75) is 65.6 Å². The number of hydrogen-bond acceptors (Lipinski definition) is 4. The van der Waals surface area contributed by atoms with E-state index < -0.39 is 6.04 Å². The fourth-order valence-corrected chi connectivity index (χ4v) is 4.63. The number of ether oxygens (including phenoxy) is 2. The molecular weight excluding hydrogens is 556 g/mol. The lowest BCUT2D eigenvalue weighted by Gasteiger charge is -2.32. The van der Waals surface area contributed by atoms with Crippen LogP contribution in [0.15, 0.2) is 77.3 Å². The number of rotatable bonds is 14. The second kappa shape index (κ2) is 15.3. The average molecular weight is 596 g/mol. The summed E-state index contributed by atoms with van der Waals surface area (Å²) in [7, 11) is 0. The molecule has 0 saturated carbocycles. The predicted octanol–water partition coefficient (Wildman–Crippen LogP) is 6.34. The number of nitrogens with zero attached hydrogens (tertiary/aromatic N) is 1. The van der Waals surface area contributed by atoms with E-state index >= 15 is 0 Å². The third-order valence-electron chi connectivity index (χ3n) is 6.20. The summed E-state index contributed by atoms with van der Waals surface area (Å²) in [5.41, 5.74) is 2.94. The molecule has 1 atom stereocenters. The largest absolute Gasteiger partial charge is 0.490 e. The average Bonchev–Trinajstić information content (AvgIpc) is 2.92. The number of hydrogen-bond donors (Lipinski definition) is 1. The zero-order chi connectivity index (χ0) is 28.2. The lowest BCUT2D eigenvalue weighted by atomic mass is 10.0. The SMILES string of the molecule is CCOc1ccc(CCC(=O)N(Cc2ccc(Br)cc2)[C@@H](Cc2ccccc2)C(=O)NC(C)C)cc1OCC. The van der Waals surface area contributed by atoms with Crippen molar-refractivity contribution in [1.82, 2.24) is 10.2 Å². The number of carbonyl (C=O) groups is 2. The third-order valence-corrected chi connectivity index (χ3v) is 6.73. The fourth-order valence-electron chi connectivity index (χ4n) is 4.37. The van der Waals surface area contributed by atoms with Crippen molar-refractivity contribution in [3.8, 4) is 11.5 Å². The summed E-state index contributed by atoms with van der Waals surface area (Å²) in [5, 5.41) is 3.04. The van der Waals surface area contributed by atoms with Gasteiger partial charge in [0.15, 0.2) is 11.5 Å². The molecule has 208 valence electrons. The van der Waals surface area contributed by atoms with Crippen molar-refractivity contribution in [3.05, 3.63) is 94.0 Å². The number of benzene rings is 3. The first-order valence-corrected chi connectivity index (χ1v) is 14.4. The van der Waals surface area contributed by atoms with Crippen LogP contribution in [-0.4, -0.2) is 42.0 Å². The standard InChI is InChI=1S/C32H39BrN2O4/c1-5-38-29-18-14-25(21-30(29)39-6-2)15-19-31(36)35(22-26-12-16-27(33)17-13-26)28(32(37)34-23(3)4)20-24-10-8-7-9-11-24/h7-14,16-18,21,23,28H,5-6,15,19-20,22H2,1-4H3,(H,34,37)/t28-/m0/s1. The Balaban J connectivity index is 1.89. The molecule has 0 fully saturated rings. The van der Waals surface area contributed by atoms with Gasteiger partial charge in [0.1, 0.15) is 6.04 Å². The summed E-state index contributed by atoms with van der Waals surface area (Å²) in [5.74, 6) is 1.14. The molecule has 2 amide bonds. The van der Waals surface area contributed by atoms with Crippen LogP contribution in [0, 0.1) is 0 Å². The summed E-state index contributed by atoms with van der Waals surface area (Å²) in [6.07, 6.45) is 1.21. The van der Waals surface area contributed by atoms with Gasteiger partial charge in [0.05, 0.1) is 13.2 Å². The molecule has 0 unspecified atom stereocenters. The smallest absolute Gasteiger partial charge is 0.243 e. The van der Waals surface area contributed by atoms with Crippen molar-refractivity contribution in [1.29, 1.82) is 0 Å². The van der Waals surface area contributed by atoms with Gasteiger partial charge in [-0.1, -0.05) is 64.5 Å². The Hall–Kier alpha value is -3.32. The number of carbonyl (C=O) groups excluding carboxylic acids is 2. The van der Waals surface area contributed by atoms with Gasteiger partial charge in [-0.15, -0.1) is 0 Å². The first-order chi connectivity index (χ1) is 18.8. The van der Waals surface area contributed by atoms with Crippen molar-refractivity contribution in [3.63, 3.8) is 0 Å². The first kappa shape index (κ1) is 30.2. The molecule has 0 saturated heterocycles. The quantitative estimate of drug-likeness (QED) is 0.236. The van der Waals surface area contributed by atoms with Gasteiger partial charge in [0, 0.05) is 29.9 Å². The Labute approximate surface area is 240 Å². The molecule has 3 rings (SSSR count). The van der Waals surface area contributed by atoms with E-state index in [1.54, 1.807) is 4.90 Å². The Morgan fingerprint density at radius 3 is 2.13 bits per heavy atom. The number of nitrogens with one attached hydrogen (secondary N) is 1. The molecule has 0 aromatic heterocycles. The second-order valence-electron chi connectivity index (χ2n) is 9.66. The molecule has 0 aliphatic rings. The van der Waals surface area contributed by atoms with Gasteiger partial charge < -0.3 is 19.7 Å². The highest BCUT2D eigenvalue weighted by Crippen LogP contribution is 2.29. The van der Waals surface area contributed by atoms with Gasteiger partial charge in [-0.3, -0.25) is 9.59 Å². The van der Waals surface area contributed by atoms with E-state index in [2.05, 4.69) is 21.2 Å². The van der Waals surface area contributed by atoms with Crippen LogP contribution >= 0.6 is 15.9 Å².